The molecule has 2 aliphatic rings. The number of nitrogens with zero attached hydrogens (tertiary/aromatic N) is 2. The van der Waals surface area contributed by atoms with Crippen molar-refractivity contribution in [2.45, 2.75) is 31.0 Å². The molecule has 10 heteroatoms. The third kappa shape index (κ3) is 5.57. The number of piperidine rings is 1. The molecule has 0 radical (unpaired) electrons. The Morgan fingerprint density at radius 3 is 2.32 bits per heavy atom. The summed E-state index contributed by atoms with van der Waals surface area (Å²) in [7, 11) is 3.35. The second-order valence-electron chi connectivity index (χ2n) is 10.1. The molecule has 2 N–H and O–H groups in total. The fourth-order valence-corrected chi connectivity index (χ4v) is 5.49. The minimum absolute atomic E-state index is 0.0968. The lowest BCUT2D eigenvalue weighted by Crippen LogP contribution is -2.54. The molecule has 2 aromatic carbocycles. The highest BCUT2D eigenvalue weighted by Gasteiger charge is 2.61. The van der Waals surface area contributed by atoms with Crippen molar-refractivity contribution in [3.8, 4) is 0 Å². The fourth-order valence-electron chi connectivity index (χ4n) is 5.24. The molecular weight excluding hydrogens is 507 g/mol. The molecule has 1 aliphatic carbocycles. The number of halogens is 4. The Kier molecular flexibility index (Phi) is 7.76. The lowest BCUT2D eigenvalue weighted by Gasteiger charge is -2.34. The molecule has 37 heavy (non-hydrogen) atoms. The van der Waals surface area contributed by atoms with Crippen molar-refractivity contribution < 1.29 is 27.9 Å². The summed E-state index contributed by atoms with van der Waals surface area (Å²) in [5, 5.41) is 13.2. The van der Waals surface area contributed by atoms with E-state index in [1.54, 1.807) is 20.2 Å². The first-order chi connectivity index (χ1) is 17.4. The summed E-state index contributed by atoms with van der Waals surface area (Å²) in [6, 6.07) is 11.9. The average Bonchev–Trinajstić information content (AvgIpc) is 3.66. The minimum atomic E-state index is -5.14. The van der Waals surface area contributed by atoms with Gasteiger partial charge in [0, 0.05) is 45.0 Å². The van der Waals surface area contributed by atoms with Crippen LogP contribution < -0.4 is 10.2 Å². The third-order valence-electron chi connectivity index (χ3n) is 7.53. The van der Waals surface area contributed by atoms with Crippen LogP contribution in [-0.4, -0.2) is 61.7 Å². The number of rotatable bonds is 7. The summed E-state index contributed by atoms with van der Waals surface area (Å²) in [4.78, 5) is 28.4. The van der Waals surface area contributed by atoms with Gasteiger partial charge < -0.3 is 20.2 Å². The van der Waals surface area contributed by atoms with E-state index < -0.39 is 23.2 Å². The molecule has 1 saturated carbocycles. The number of carbonyl (C=O) groups is 2. The number of anilines is 1. The largest absolute Gasteiger partial charge is 0.430 e. The molecule has 3 atom stereocenters. The van der Waals surface area contributed by atoms with E-state index >= 15 is 0 Å². The number of aliphatic hydroxyl groups is 1. The topological polar surface area (TPSA) is 72.9 Å². The Hall–Kier alpha value is -2.78. The van der Waals surface area contributed by atoms with Gasteiger partial charge in [-0.1, -0.05) is 41.9 Å². The molecule has 2 amide bonds. The normalized spacial score (nSPS) is 21.8. The molecule has 0 spiro atoms. The molecule has 0 unspecified atom stereocenters. The second kappa shape index (κ2) is 10.5. The molecule has 6 nitrogen and oxygen atoms in total. The van der Waals surface area contributed by atoms with Gasteiger partial charge in [0.2, 0.25) is 0 Å². The minimum Gasteiger partial charge on any atom is -0.371 e. The van der Waals surface area contributed by atoms with Crippen LogP contribution in [0.3, 0.4) is 0 Å². The highest BCUT2D eigenvalue weighted by Crippen LogP contribution is 2.48. The zero-order valence-electron chi connectivity index (χ0n) is 20.8. The van der Waals surface area contributed by atoms with Crippen LogP contribution >= 0.6 is 11.6 Å². The van der Waals surface area contributed by atoms with Gasteiger partial charge in [0.25, 0.3) is 17.4 Å². The van der Waals surface area contributed by atoms with Gasteiger partial charge in [-0.3, -0.25) is 9.59 Å². The Balaban J connectivity index is 1.29. The van der Waals surface area contributed by atoms with Gasteiger partial charge >= 0.3 is 6.18 Å². The van der Waals surface area contributed by atoms with Gasteiger partial charge in [-0.25, -0.2) is 0 Å². The summed E-state index contributed by atoms with van der Waals surface area (Å²) in [5.74, 6) is -0.750. The number of alkyl halides is 3. The molecule has 4 rings (SSSR count). The van der Waals surface area contributed by atoms with Crippen LogP contribution in [-0.2, 0) is 10.4 Å². The lowest BCUT2D eigenvalue weighted by atomic mass is 9.90. The van der Waals surface area contributed by atoms with Gasteiger partial charge in [0.15, 0.2) is 0 Å². The molecule has 1 aliphatic heterocycles. The van der Waals surface area contributed by atoms with Gasteiger partial charge in [-0.2, -0.15) is 13.2 Å². The number of amides is 2. The molecule has 1 saturated heterocycles. The van der Waals surface area contributed by atoms with Crippen molar-refractivity contribution in [2.24, 2.45) is 17.8 Å². The Labute approximate surface area is 219 Å². The molecule has 2 aromatic rings. The predicted octanol–water partition coefficient (Wildman–Crippen LogP) is 4.46. The summed E-state index contributed by atoms with van der Waals surface area (Å²) < 4.78 is 41.1. The van der Waals surface area contributed by atoms with E-state index in [1.807, 2.05) is 12.1 Å². The maximum Gasteiger partial charge on any atom is 0.430 e. The first-order valence-electron chi connectivity index (χ1n) is 12.3. The zero-order valence-corrected chi connectivity index (χ0v) is 21.5. The van der Waals surface area contributed by atoms with E-state index in [4.69, 9.17) is 11.6 Å². The van der Waals surface area contributed by atoms with Crippen LogP contribution in [0, 0.1) is 17.8 Å². The van der Waals surface area contributed by atoms with Crippen LogP contribution in [0.25, 0.3) is 0 Å². The third-order valence-corrected chi connectivity index (χ3v) is 7.84. The van der Waals surface area contributed by atoms with E-state index in [0.29, 0.717) is 22.4 Å². The van der Waals surface area contributed by atoms with Crippen molar-refractivity contribution in [1.29, 1.82) is 0 Å². The van der Waals surface area contributed by atoms with E-state index in [-0.39, 0.29) is 18.4 Å². The SMILES string of the molecule is CN(C)C(=O)c1ccc(N2CCC([C@H]3C[C@H]3CNC(=O)[C@@](O)(c3ccccc3)C(F)(F)F)CC2)cc1Cl. The van der Waals surface area contributed by atoms with Crippen LogP contribution in [0.5, 0.6) is 0 Å². The molecule has 200 valence electrons. The first kappa shape index (κ1) is 27.3. The lowest BCUT2D eigenvalue weighted by molar-refractivity contribution is -0.257. The predicted molar refractivity (Wildman–Crippen MR) is 135 cm³/mol. The number of hydrogen-bond acceptors (Lipinski definition) is 4. The van der Waals surface area contributed by atoms with E-state index in [1.165, 1.54) is 23.1 Å². The first-order valence-corrected chi connectivity index (χ1v) is 12.7. The Morgan fingerprint density at radius 2 is 1.76 bits per heavy atom. The van der Waals surface area contributed by atoms with Gasteiger partial charge in [0.05, 0.1) is 10.6 Å². The Morgan fingerprint density at radius 1 is 1.11 bits per heavy atom. The second-order valence-corrected chi connectivity index (χ2v) is 10.5. The van der Waals surface area contributed by atoms with Crippen LogP contribution in [0.2, 0.25) is 5.02 Å². The molecule has 0 bridgehead atoms. The van der Waals surface area contributed by atoms with Crippen molar-refractivity contribution in [2.75, 3.05) is 38.6 Å². The van der Waals surface area contributed by atoms with E-state index in [0.717, 1.165) is 50.2 Å². The number of nitrogens with one attached hydrogen (secondary N) is 1. The molecule has 2 fully saturated rings. The van der Waals surface area contributed by atoms with Crippen molar-refractivity contribution in [1.82, 2.24) is 10.2 Å². The summed E-state index contributed by atoms with van der Waals surface area (Å²) in [6.07, 6.45) is -2.47. The van der Waals surface area contributed by atoms with E-state index in [9.17, 15) is 27.9 Å². The van der Waals surface area contributed by atoms with Crippen molar-refractivity contribution >= 4 is 29.1 Å². The Bertz CT molecular complexity index is 1140. The molecule has 0 aromatic heterocycles. The smallest absolute Gasteiger partial charge is 0.371 e. The number of benzene rings is 2. The van der Waals surface area contributed by atoms with Gasteiger partial charge in [-0.15, -0.1) is 0 Å². The van der Waals surface area contributed by atoms with Gasteiger partial charge in [-0.05, 0) is 55.2 Å². The standard InChI is InChI=1S/C27H31ClF3N3O3/c1-33(2)24(35)21-9-8-20(15-23(21)28)34-12-10-17(11-13-34)22-14-18(22)16-32-25(36)26(37,27(29,30)31)19-6-4-3-5-7-19/h3-9,15,17-18,22,37H,10-14,16H2,1-2H3,(H,32,36)/t18-,22+,26-/m0/s1. The number of hydrogen-bond donors (Lipinski definition) is 2. The van der Waals surface area contributed by atoms with Crippen LogP contribution in [0.4, 0.5) is 18.9 Å². The zero-order chi connectivity index (χ0) is 27.0. The fraction of sp³-hybridized carbons (Fsp3) is 0.481. The van der Waals surface area contributed by atoms with Gasteiger partial charge in [0.1, 0.15) is 0 Å². The average molecular weight is 538 g/mol. The summed E-state index contributed by atoms with van der Waals surface area (Å²) in [5.41, 5.74) is -2.68. The highest BCUT2D eigenvalue weighted by molar-refractivity contribution is 6.34. The van der Waals surface area contributed by atoms with E-state index in [2.05, 4.69) is 10.2 Å². The monoisotopic (exact) mass is 537 g/mol. The maximum absolute atomic E-state index is 13.7. The summed E-state index contributed by atoms with van der Waals surface area (Å²) >= 11 is 6.36. The number of carbonyl (C=O) groups excluding carboxylic acids is 2. The van der Waals surface area contributed by atoms with Crippen LogP contribution in [0.1, 0.15) is 35.2 Å². The molecule has 1 heterocycles. The maximum atomic E-state index is 13.7. The molecular formula is C27H31ClF3N3O3. The van der Waals surface area contributed by atoms with Crippen LogP contribution in [0.15, 0.2) is 48.5 Å². The summed E-state index contributed by atoms with van der Waals surface area (Å²) in [6.45, 7) is 1.71. The van der Waals surface area contributed by atoms with Crippen molar-refractivity contribution in [3.05, 3.63) is 64.7 Å². The van der Waals surface area contributed by atoms with Crippen molar-refractivity contribution in [3.63, 3.8) is 0 Å². The quantitative estimate of drug-likeness (QED) is 0.547. The highest BCUT2D eigenvalue weighted by atomic mass is 35.5.